The van der Waals surface area contributed by atoms with Crippen molar-refractivity contribution in [3.05, 3.63) is 17.5 Å². The molecule has 0 aliphatic carbocycles. The first-order chi connectivity index (χ1) is 8.19. The second kappa shape index (κ2) is 5.95. The second-order valence-corrected chi connectivity index (χ2v) is 3.30. The number of hydrogen-bond acceptors (Lipinski definition) is 4. The van der Waals surface area contributed by atoms with Crippen LogP contribution in [0.25, 0.3) is 11.0 Å². The minimum absolute atomic E-state index is 0.304. The van der Waals surface area contributed by atoms with Gasteiger partial charge < -0.3 is 9.72 Å². The summed E-state index contributed by atoms with van der Waals surface area (Å²) in [7, 11) is 3.40. The van der Waals surface area contributed by atoms with E-state index >= 15 is 0 Å². The zero-order valence-corrected chi connectivity index (χ0v) is 10.1. The van der Waals surface area contributed by atoms with Crippen LogP contribution < -0.4 is 0 Å². The number of carbonyl (C=O) groups is 2. The Morgan fingerprint density at radius 1 is 1.47 bits per heavy atom. The van der Waals surface area contributed by atoms with Crippen molar-refractivity contribution in [2.24, 2.45) is 7.05 Å². The Bertz CT molecular complexity index is 511. The lowest BCUT2D eigenvalue weighted by Gasteiger charge is -1.90. The van der Waals surface area contributed by atoms with Crippen molar-refractivity contribution in [1.29, 1.82) is 0 Å². The number of aromatic nitrogens is 3. The maximum atomic E-state index is 10.7. The third-order valence-corrected chi connectivity index (χ3v) is 2.28. The molecule has 6 heteroatoms. The second-order valence-electron chi connectivity index (χ2n) is 3.30. The molecule has 17 heavy (non-hydrogen) atoms. The SMILES string of the molecule is CCOC.Cn1ncc2[nH]c(C=O)c(C=O)c21. The fourth-order valence-corrected chi connectivity index (χ4v) is 1.40. The van der Waals surface area contributed by atoms with Gasteiger partial charge in [0, 0.05) is 20.8 Å². The number of aryl methyl sites for hydroxylation is 1. The van der Waals surface area contributed by atoms with E-state index in [1.54, 1.807) is 25.0 Å². The van der Waals surface area contributed by atoms with Gasteiger partial charge in [-0.2, -0.15) is 5.10 Å². The Morgan fingerprint density at radius 2 is 2.12 bits per heavy atom. The van der Waals surface area contributed by atoms with Crippen molar-refractivity contribution >= 4 is 23.6 Å². The van der Waals surface area contributed by atoms with Gasteiger partial charge in [0.15, 0.2) is 12.6 Å². The summed E-state index contributed by atoms with van der Waals surface area (Å²) in [5.41, 5.74) is 2.03. The molecule has 0 bridgehead atoms. The van der Waals surface area contributed by atoms with Gasteiger partial charge in [0.1, 0.15) is 0 Å². The molecule has 6 nitrogen and oxygen atoms in total. The molecule has 0 unspecified atom stereocenters. The van der Waals surface area contributed by atoms with E-state index < -0.39 is 0 Å². The molecule has 0 amide bonds. The number of carbonyl (C=O) groups excluding carboxylic acids is 2. The summed E-state index contributed by atoms with van der Waals surface area (Å²) in [6, 6.07) is 0. The normalized spacial score (nSPS) is 9.82. The van der Waals surface area contributed by atoms with Gasteiger partial charge in [-0.25, -0.2) is 0 Å². The highest BCUT2D eigenvalue weighted by molar-refractivity contribution is 6.02. The lowest BCUT2D eigenvalue weighted by Crippen LogP contribution is -1.94. The highest BCUT2D eigenvalue weighted by atomic mass is 16.5. The van der Waals surface area contributed by atoms with Crippen molar-refractivity contribution < 1.29 is 14.3 Å². The molecule has 0 fully saturated rings. The third-order valence-electron chi connectivity index (χ3n) is 2.28. The number of ether oxygens (including phenoxy) is 1. The van der Waals surface area contributed by atoms with Crippen LogP contribution >= 0.6 is 0 Å². The van der Waals surface area contributed by atoms with Crippen LogP contribution in [0.15, 0.2) is 6.20 Å². The number of hydrogen-bond donors (Lipinski definition) is 1. The monoisotopic (exact) mass is 237 g/mol. The molecule has 0 aliphatic heterocycles. The van der Waals surface area contributed by atoms with Crippen LogP contribution in [-0.4, -0.2) is 41.1 Å². The van der Waals surface area contributed by atoms with E-state index in [1.165, 1.54) is 0 Å². The molecular formula is C11H15N3O3. The van der Waals surface area contributed by atoms with Crippen molar-refractivity contribution in [3.8, 4) is 0 Å². The molecule has 2 aromatic heterocycles. The fourth-order valence-electron chi connectivity index (χ4n) is 1.40. The molecule has 2 rings (SSSR count). The molecule has 0 saturated carbocycles. The van der Waals surface area contributed by atoms with Crippen LogP contribution in [0.1, 0.15) is 27.8 Å². The summed E-state index contributed by atoms with van der Waals surface area (Å²) >= 11 is 0. The molecule has 0 radical (unpaired) electrons. The maximum Gasteiger partial charge on any atom is 0.167 e. The van der Waals surface area contributed by atoms with E-state index in [9.17, 15) is 9.59 Å². The summed E-state index contributed by atoms with van der Waals surface area (Å²) in [6.07, 6.45) is 2.86. The van der Waals surface area contributed by atoms with Crippen molar-refractivity contribution in [2.45, 2.75) is 6.92 Å². The van der Waals surface area contributed by atoms with Gasteiger partial charge in [-0.05, 0) is 6.92 Å². The van der Waals surface area contributed by atoms with Crippen LogP contribution in [0, 0.1) is 0 Å². The highest BCUT2D eigenvalue weighted by Gasteiger charge is 2.13. The quantitative estimate of drug-likeness (QED) is 0.813. The third kappa shape index (κ3) is 2.59. The Balaban J connectivity index is 0.000000317. The van der Waals surface area contributed by atoms with Crippen molar-refractivity contribution in [3.63, 3.8) is 0 Å². The maximum absolute atomic E-state index is 10.7. The number of aromatic amines is 1. The van der Waals surface area contributed by atoms with Crippen LogP contribution in [0.5, 0.6) is 0 Å². The Kier molecular flexibility index (Phi) is 4.59. The topological polar surface area (TPSA) is 77.0 Å². The first kappa shape index (κ1) is 13.1. The standard InChI is InChI=1S/C8H7N3O2.C3H8O/c1-11-8-5(3-12)7(4-13)10-6(8)2-9-11;1-3-4-2/h2-4,10H,1H3;3H2,1-2H3. The molecule has 2 heterocycles. The Morgan fingerprint density at radius 3 is 2.59 bits per heavy atom. The minimum Gasteiger partial charge on any atom is -0.385 e. The summed E-state index contributed by atoms with van der Waals surface area (Å²) in [4.78, 5) is 24.0. The molecule has 0 saturated heterocycles. The lowest BCUT2D eigenvalue weighted by molar-refractivity contribution is 0.109. The molecule has 2 aromatic rings. The lowest BCUT2D eigenvalue weighted by atomic mass is 10.2. The Labute approximate surface area is 98.6 Å². The molecule has 1 N–H and O–H groups in total. The number of fused-ring (bicyclic) bond motifs is 1. The van der Waals surface area contributed by atoms with Crippen LogP contribution in [0.4, 0.5) is 0 Å². The van der Waals surface area contributed by atoms with E-state index in [0.29, 0.717) is 34.9 Å². The highest BCUT2D eigenvalue weighted by Crippen LogP contribution is 2.18. The largest absolute Gasteiger partial charge is 0.385 e. The van der Waals surface area contributed by atoms with Gasteiger partial charge in [0.05, 0.1) is 28.5 Å². The predicted octanol–water partition coefficient (Wildman–Crippen LogP) is 1.18. The van der Waals surface area contributed by atoms with E-state index in [0.717, 1.165) is 6.61 Å². The molecule has 0 aromatic carbocycles. The van der Waals surface area contributed by atoms with Gasteiger partial charge in [-0.15, -0.1) is 0 Å². The molecule has 0 spiro atoms. The van der Waals surface area contributed by atoms with E-state index in [1.807, 2.05) is 6.92 Å². The van der Waals surface area contributed by atoms with Crippen LogP contribution in [-0.2, 0) is 11.8 Å². The summed E-state index contributed by atoms with van der Waals surface area (Å²) in [5, 5.41) is 3.95. The number of H-pyrrole nitrogens is 1. The average Bonchev–Trinajstić information content (AvgIpc) is 2.89. The minimum atomic E-state index is 0.304. The first-order valence-corrected chi connectivity index (χ1v) is 5.12. The molecular weight excluding hydrogens is 222 g/mol. The van der Waals surface area contributed by atoms with Gasteiger partial charge in [0.25, 0.3) is 0 Å². The first-order valence-electron chi connectivity index (χ1n) is 5.12. The summed E-state index contributed by atoms with van der Waals surface area (Å²) < 4.78 is 6.10. The molecule has 92 valence electrons. The number of rotatable bonds is 3. The zero-order chi connectivity index (χ0) is 12.8. The molecule has 0 atom stereocenters. The van der Waals surface area contributed by atoms with Gasteiger partial charge in [-0.1, -0.05) is 0 Å². The number of nitrogens with one attached hydrogen (secondary N) is 1. The zero-order valence-electron chi connectivity index (χ0n) is 10.1. The van der Waals surface area contributed by atoms with Crippen molar-refractivity contribution in [1.82, 2.24) is 14.8 Å². The van der Waals surface area contributed by atoms with Crippen molar-refractivity contribution in [2.75, 3.05) is 13.7 Å². The summed E-state index contributed by atoms with van der Waals surface area (Å²) in [6.45, 7) is 2.78. The number of nitrogens with zero attached hydrogens (tertiary/aromatic N) is 2. The van der Waals surface area contributed by atoms with E-state index in [2.05, 4.69) is 14.8 Å². The molecule has 0 aliphatic rings. The van der Waals surface area contributed by atoms with E-state index in [4.69, 9.17) is 0 Å². The average molecular weight is 237 g/mol. The number of aldehydes is 2. The van der Waals surface area contributed by atoms with Gasteiger partial charge in [-0.3, -0.25) is 14.3 Å². The summed E-state index contributed by atoms with van der Waals surface area (Å²) in [5.74, 6) is 0. The van der Waals surface area contributed by atoms with Gasteiger partial charge in [0.2, 0.25) is 0 Å². The van der Waals surface area contributed by atoms with Gasteiger partial charge >= 0.3 is 0 Å². The van der Waals surface area contributed by atoms with Crippen LogP contribution in [0.2, 0.25) is 0 Å². The smallest absolute Gasteiger partial charge is 0.167 e. The van der Waals surface area contributed by atoms with E-state index in [-0.39, 0.29) is 0 Å². The fraction of sp³-hybridized carbons (Fsp3) is 0.364. The Hall–Kier alpha value is -1.95. The number of methoxy groups -OCH3 is 1. The van der Waals surface area contributed by atoms with Crippen LogP contribution in [0.3, 0.4) is 0 Å². The predicted molar refractivity (Wildman–Crippen MR) is 63.4 cm³/mol.